The molecule has 0 bridgehead atoms. The summed E-state index contributed by atoms with van der Waals surface area (Å²) in [5.41, 5.74) is 2.22. The van der Waals surface area contributed by atoms with Crippen molar-refractivity contribution in [3.8, 4) is 0 Å². The SMILES string of the molecule is CSc1ccc(CNc2nc(SC)nc3ccccc23)cc1. The third kappa shape index (κ3) is 3.36. The first-order valence-electron chi connectivity index (χ1n) is 6.97. The lowest BCUT2D eigenvalue weighted by molar-refractivity contribution is 0.988. The van der Waals surface area contributed by atoms with Crippen LogP contribution in [0.15, 0.2) is 58.6 Å². The van der Waals surface area contributed by atoms with Crippen LogP contribution in [0, 0.1) is 0 Å². The lowest BCUT2D eigenvalue weighted by atomic mass is 10.2. The minimum Gasteiger partial charge on any atom is -0.365 e. The summed E-state index contributed by atoms with van der Waals surface area (Å²) < 4.78 is 0. The first-order valence-corrected chi connectivity index (χ1v) is 9.42. The van der Waals surface area contributed by atoms with Crippen LogP contribution >= 0.6 is 23.5 Å². The topological polar surface area (TPSA) is 37.8 Å². The summed E-state index contributed by atoms with van der Waals surface area (Å²) in [4.78, 5) is 10.4. The van der Waals surface area contributed by atoms with Crippen LogP contribution in [0.3, 0.4) is 0 Å². The van der Waals surface area contributed by atoms with E-state index in [0.29, 0.717) is 0 Å². The monoisotopic (exact) mass is 327 g/mol. The molecular formula is C17H17N3S2. The second-order valence-electron chi connectivity index (χ2n) is 4.78. The van der Waals surface area contributed by atoms with Gasteiger partial charge in [0.2, 0.25) is 0 Å². The van der Waals surface area contributed by atoms with E-state index in [1.165, 1.54) is 10.5 Å². The molecule has 0 amide bonds. The highest BCUT2D eigenvalue weighted by Crippen LogP contribution is 2.24. The number of nitrogens with one attached hydrogen (secondary N) is 1. The van der Waals surface area contributed by atoms with Crippen LogP contribution in [-0.4, -0.2) is 22.5 Å². The lowest BCUT2D eigenvalue weighted by Crippen LogP contribution is -2.03. The number of anilines is 1. The molecular weight excluding hydrogens is 310 g/mol. The molecule has 3 aromatic rings. The van der Waals surface area contributed by atoms with Crippen molar-refractivity contribution in [3.05, 3.63) is 54.1 Å². The smallest absolute Gasteiger partial charge is 0.189 e. The average Bonchev–Trinajstić information content (AvgIpc) is 2.59. The van der Waals surface area contributed by atoms with Crippen molar-refractivity contribution >= 4 is 40.2 Å². The Labute approximate surface area is 139 Å². The summed E-state index contributed by atoms with van der Waals surface area (Å²) in [7, 11) is 0. The van der Waals surface area contributed by atoms with Gasteiger partial charge in [0.1, 0.15) is 5.82 Å². The van der Waals surface area contributed by atoms with Gasteiger partial charge in [-0.25, -0.2) is 9.97 Å². The highest BCUT2D eigenvalue weighted by Gasteiger charge is 2.06. The minimum absolute atomic E-state index is 0.753. The van der Waals surface area contributed by atoms with E-state index in [2.05, 4.69) is 51.9 Å². The van der Waals surface area contributed by atoms with Crippen molar-refractivity contribution in [1.82, 2.24) is 9.97 Å². The minimum atomic E-state index is 0.753. The Hall–Kier alpha value is -1.72. The van der Waals surface area contributed by atoms with Crippen molar-refractivity contribution in [2.45, 2.75) is 16.6 Å². The Balaban J connectivity index is 1.86. The molecule has 0 atom stereocenters. The number of hydrogen-bond acceptors (Lipinski definition) is 5. The standard InChI is InChI=1S/C17H17N3S2/c1-21-13-9-7-12(8-10-13)11-18-16-14-5-3-4-6-15(14)19-17(20-16)22-2/h3-10H,11H2,1-2H3,(H,18,19,20). The van der Waals surface area contributed by atoms with Crippen molar-refractivity contribution in [2.24, 2.45) is 0 Å². The normalized spacial score (nSPS) is 10.8. The Bertz CT molecular complexity index is 772. The number of thioether (sulfide) groups is 2. The van der Waals surface area contributed by atoms with Crippen LogP contribution in [0.1, 0.15) is 5.56 Å². The van der Waals surface area contributed by atoms with Gasteiger partial charge in [-0.15, -0.1) is 11.8 Å². The first kappa shape index (κ1) is 15.2. The zero-order chi connectivity index (χ0) is 15.4. The van der Waals surface area contributed by atoms with E-state index in [0.717, 1.165) is 28.4 Å². The maximum absolute atomic E-state index is 4.60. The van der Waals surface area contributed by atoms with Gasteiger partial charge >= 0.3 is 0 Å². The number of nitrogens with zero attached hydrogens (tertiary/aromatic N) is 2. The van der Waals surface area contributed by atoms with E-state index in [9.17, 15) is 0 Å². The first-order chi connectivity index (χ1) is 10.8. The summed E-state index contributed by atoms with van der Waals surface area (Å²) >= 11 is 3.31. The molecule has 0 saturated carbocycles. The molecule has 0 aliphatic heterocycles. The Morgan fingerprint density at radius 1 is 0.909 bits per heavy atom. The maximum Gasteiger partial charge on any atom is 0.189 e. The van der Waals surface area contributed by atoms with Crippen LogP contribution < -0.4 is 5.32 Å². The predicted octanol–water partition coefficient (Wildman–Crippen LogP) is 4.69. The lowest BCUT2D eigenvalue weighted by Gasteiger charge is -2.10. The van der Waals surface area contributed by atoms with Gasteiger partial charge in [-0.05, 0) is 42.3 Å². The van der Waals surface area contributed by atoms with Gasteiger partial charge in [0, 0.05) is 16.8 Å². The number of hydrogen-bond donors (Lipinski definition) is 1. The highest BCUT2D eigenvalue weighted by atomic mass is 32.2. The quantitative estimate of drug-likeness (QED) is 0.544. The van der Waals surface area contributed by atoms with E-state index >= 15 is 0 Å². The van der Waals surface area contributed by atoms with E-state index < -0.39 is 0 Å². The molecule has 3 nitrogen and oxygen atoms in total. The van der Waals surface area contributed by atoms with Crippen LogP contribution in [0.2, 0.25) is 0 Å². The summed E-state index contributed by atoms with van der Waals surface area (Å²) in [6.07, 6.45) is 4.08. The Morgan fingerprint density at radius 3 is 2.41 bits per heavy atom. The summed E-state index contributed by atoms with van der Waals surface area (Å²) in [6, 6.07) is 16.7. The largest absolute Gasteiger partial charge is 0.365 e. The van der Waals surface area contributed by atoms with Crippen molar-refractivity contribution < 1.29 is 0 Å². The molecule has 2 aromatic carbocycles. The molecule has 5 heteroatoms. The third-order valence-corrected chi connectivity index (χ3v) is 4.68. The molecule has 1 heterocycles. The average molecular weight is 327 g/mol. The van der Waals surface area contributed by atoms with Gasteiger partial charge in [0.15, 0.2) is 5.16 Å². The van der Waals surface area contributed by atoms with Crippen molar-refractivity contribution in [2.75, 3.05) is 17.8 Å². The van der Waals surface area contributed by atoms with Crippen LogP contribution in [0.4, 0.5) is 5.82 Å². The second kappa shape index (κ2) is 7.03. The maximum atomic E-state index is 4.60. The molecule has 0 unspecified atom stereocenters. The molecule has 1 aromatic heterocycles. The molecule has 0 saturated heterocycles. The van der Waals surface area contributed by atoms with Gasteiger partial charge < -0.3 is 5.32 Å². The predicted molar refractivity (Wildman–Crippen MR) is 96.9 cm³/mol. The zero-order valence-corrected chi connectivity index (χ0v) is 14.2. The molecule has 0 aliphatic carbocycles. The molecule has 3 rings (SSSR count). The zero-order valence-electron chi connectivity index (χ0n) is 12.5. The highest BCUT2D eigenvalue weighted by molar-refractivity contribution is 7.98. The fraction of sp³-hybridized carbons (Fsp3) is 0.176. The Kier molecular flexibility index (Phi) is 4.85. The summed E-state index contributed by atoms with van der Waals surface area (Å²) in [5.74, 6) is 0.892. The molecule has 1 N–H and O–H groups in total. The van der Waals surface area contributed by atoms with Gasteiger partial charge in [-0.2, -0.15) is 0 Å². The molecule has 0 fully saturated rings. The summed E-state index contributed by atoms with van der Waals surface area (Å²) in [6.45, 7) is 0.753. The van der Waals surface area contributed by atoms with Crippen molar-refractivity contribution in [3.63, 3.8) is 0 Å². The number of benzene rings is 2. The Morgan fingerprint density at radius 2 is 1.68 bits per heavy atom. The molecule has 0 radical (unpaired) electrons. The third-order valence-electron chi connectivity index (χ3n) is 3.38. The van der Waals surface area contributed by atoms with Gasteiger partial charge in [0.25, 0.3) is 0 Å². The summed E-state index contributed by atoms with van der Waals surface area (Å²) in [5, 5.41) is 5.29. The number of para-hydroxylation sites is 1. The number of aromatic nitrogens is 2. The van der Waals surface area contributed by atoms with Crippen LogP contribution in [-0.2, 0) is 6.54 Å². The van der Waals surface area contributed by atoms with E-state index in [1.807, 2.05) is 24.5 Å². The van der Waals surface area contributed by atoms with Gasteiger partial charge in [-0.3, -0.25) is 0 Å². The fourth-order valence-electron chi connectivity index (χ4n) is 2.21. The van der Waals surface area contributed by atoms with Crippen LogP contribution in [0.25, 0.3) is 10.9 Å². The number of fused-ring (bicyclic) bond motifs is 1. The fourth-order valence-corrected chi connectivity index (χ4v) is 2.99. The van der Waals surface area contributed by atoms with Crippen LogP contribution in [0.5, 0.6) is 0 Å². The van der Waals surface area contributed by atoms with Gasteiger partial charge in [0.05, 0.1) is 5.52 Å². The molecule has 0 spiro atoms. The van der Waals surface area contributed by atoms with E-state index in [-0.39, 0.29) is 0 Å². The molecule has 0 aliphatic rings. The molecule has 22 heavy (non-hydrogen) atoms. The second-order valence-corrected chi connectivity index (χ2v) is 6.43. The van der Waals surface area contributed by atoms with E-state index in [4.69, 9.17) is 0 Å². The van der Waals surface area contributed by atoms with E-state index in [1.54, 1.807) is 23.5 Å². The van der Waals surface area contributed by atoms with Gasteiger partial charge in [-0.1, -0.05) is 36.0 Å². The van der Waals surface area contributed by atoms with Crippen molar-refractivity contribution in [1.29, 1.82) is 0 Å². The number of rotatable bonds is 5. The molecule has 112 valence electrons.